The summed E-state index contributed by atoms with van der Waals surface area (Å²) in [6.45, 7) is 2.61. The number of rotatable bonds is 5. The van der Waals surface area contributed by atoms with E-state index in [1.807, 2.05) is 6.92 Å². The highest BCUT2D eigenvalue weighted by atomic mass is 19.2. The lowest BCUT2D eigenvalue weighted by Gasteiger charge is -2.27. The molecule has 20 heavy (non-hydrogen) atoms. The molecule has 0 aromatic heterocycles. The van der Waals surface area contributed by atoms with Crippen molar-refractivity contribution in [2.75, 3.05) is 6.54 Å². The molecule has 112 valence electrons. The second-order valence-corrected chi connectivity index (χ2v) is 5.61. The second-order valence-electron chi connectivity index (χ2n) is 5.61. The molecule has 0 saturated heterocycles. The molecule has 1 aliphatic rings. The molecule has 0 aliphatic heterocycles. The van der Waals surface area contributed by atoms with Crippen molar-refractivity contribution in [3.05, 3.63) is 35.1 Å². The van der Waals surface area contributed by atoms with Crippen LogP contribution in [0.2, 0.25) is 0 Å². The fourth-order valence-electron chi connectivity index (χ4n) is 3.13. The van der Waals surface area contributed by atoms with Crippen LogP contribution in [0.5, 0.6) is 0 Å². The van der Waals surface area contributed by atoms with Gasteiger partial charge in [0.15, 0.2) is 17.5 Å². The van der Waals surface area contributed by atoms with Gasteiger partial charge in [0.05, 0.1) is 0 Å². The average molecular weight is 285 g/mol. The number of benzene rings is 1. The van der Waals surface area contributed by atoms with Crippen molar-refractivity contribution in [1.82, 2.24) is 5.32 Å². The van der Waals surface area contributed by atoms with Gasteiger partial charge in [0.1, 0.15) is 0 Å². The van der Waals surface area contributed by atoms with Crippen molar-refractivity contribution in [2.24, 2.45) is 5.92 Å². The van der Waals surface area contributed by atoms with Gasteiger partial charge in [0, 0.05) is 11.6 Å². The fraction of sp³-hybridized carbons (Fsp3) is 0.625. The van der Waals surface area contributed by atoms with Crippen molar-refractivity contribution in [2.45, 2.75) is 51.5 Å². The number of nitrogens with one attached hydrogen (secondary N) is 1. The zero-order valence-electron chi connectivity index (χ0n) is 11.9. The summed E-state index contributed by atoms with van der Waals surface area (Å²) in [7, 11) is 0. The highest BCUT2D eigenvalue weighted by molar-refractivity contribution is 5.23. The van der Waals surface area contributed by atoms with Crippen LogP contribution < -0.4 is 5.32 Å². The van der Waals surface area contributed by atoms with E-state index in [-0.39, 0.29) is 11.6 Å². The van der Waals surface area contributed by atoms with E-state index in [1.54, 1.807) is 0 Å². The highest BCUT2D eigenvalue weighted by Gasteiger charge is 2.24. The minimum atomic E-state index is -1.37. The smallest absolute Gasteiger partial charge is 0.194 e. The first-order chi connectivity index (χ1) is 9.63. The Kier molecular flexibility index (Phi) is 5.46. The first kappa shape index (κ1) is 15.4. The van der Waals surface area contributed by atoms with Crippen LogP contribution in [0.4, 0.5) is 13.2 Å². The highest BCUT2D eigenvalue weighted by Crippen LogP contribution is 2.33. The summed E-state index contributed by atoms with van der Waals surface area (Å²) >= 11 is 0. The molecule has 1 atom stereocenters. The lowest BCUT2D eigenvalue weighted by molar-refractivity contribution is 0.296. The first-order valence-electron chi connectivity index (χ1n) is 7.50. The summed E-state index contributed by atoms with van der Waals surface area (Å²) in [5, 5.41) is 3.20. The summed E-state index contributed by atoms with van der Waals surface area (Å²) in [6.07, 6.45) is 6.77. The zero-order valence-corrected chi connectivity index (χ0v) is 11.9. The zero-order chi connectivity index (χ0) is 14.5. The quantitative estimate of drug-likeness (QED) is 0.771. The largest absolute Gasteiger partial charge is 0.310 e. The fourth-order valence-corrected chi connectivity index (χ4v) is 3.13. The molecule has 1 aliphatic carbocycles. The molecule has 1 N–H and O–H groups in total. The summed E-state index contributed by atoms with van der Waals surface area (Å²) < 4.78 is 40.4. The Labute approximate surface area is 118 Å². The number of halogens is 3. The molecule has 0 heterocycles. The van der Waals surface area contributed by atoms with Crippen molar-refractivity contribution >= 4 is 0 Å². The molecule has 0 spiro atoms. The van der Waals surface area contributed by atoms with E-state index in [1.165, 1.54) is 25.3 Å². The SMILES string of the molecule is CCNC(CC1CCCCC1)c1ccc(F)c(F)c1F. The molecule has 1 aromatic carbocycles. The lowest BCUT2D eigenvalue weighted by Crippen LogP contribution is -2.25. The van der Waals surface area contributed by atoms with Gasteiger partial charge in [-0.2, -0.15) is 0 Å². The first-order valence-corrected chi connectivity index (χ1v) is 7.50. The molecular weight excluding hydrogens is 263 g/mol. The van der Waals surface area contributed by atoms with Crippen molar-refractivity contribution in [3.8, 4) is 0 Å². The van der Waals surface area contributed by atoms with Gasteiger partial charge >= 0.3 is 0 Å². The van der Waals surface area contributed by atoms with Gasteiger partial charge in [0.25, 0.3) is 0 Å². The van der Waals surface area contributed by atoms with Gasteiger partial charge < -0.3 is 5.32 Å². The topological polar surface area (TPSA) is 12.0 Å². The van der Waals surface area contributed by atoms with Crippen LogP contribution in [0, 0.1) is 23.4 Å². The van der Waals surface area contributed by atoms with Crippen LogP contribution >= 0.6 is 0 Å². The lowest BCUT2D eigenvalue weighted by atomic mass is 9.83. The predicted molar refractivity (Wildman–Crippen MR) is 73.9 cm³/mol. The molecule has 1 aromatic rings. The molecule has 0 bridgehead atoms. The molecule has 0 amide bonds. The third kappa shape index (κ3) is 3.54. The molecule has 1 nitrogen and oxygen atoms in total. The van der Waals surface area contributed by atoms with E-state index in [2.05, 4.69) is 5.32 Å². The van der Waals surface area contributed by atoms with E-state index in [4.69, 9.17) is 0 Å². The Balaban J connectivity index is 2.17. The molecule has 0 radical (unpaired) electrons. The second kappa shape index (κ2) is 7.11. The Morgan fingerprint density at radius 1 is 1.10 bits per heavy atom. The van der Waals surface area contributed by atoms with Crippen molar-refractivity contribution in [3.63, 3.8) is 0 Å². The van der Waals surface area contributed by atoms with Gasteiger partial charge in [0.2, 0.25) is 0 Å². The Morgan fingerprint density at radius 3 is 2.45 bits per heavy atom. The van der Waals surface area contributed by atoms with E-state index >= 15 is 0 Å². The number of hydrogen-bond acceptors (Lipinski definition) is 1. The van der Waals surface area contributed by atoms with Crippen molar-refractivity contribution in [1.29, 1.82) is 0 Å². The van der Waals surface area contributed by atoms with Crippen molar-refractivity contribution < 1.29 is 13.2 Å². The molecule has 2 rings (SSSR count). The maximum Gasteiger partial charge on any atom is 0.194 e. The van der Waals surface area contributed by atoms with Crippen LogP contribution in [0.25, 0.3) is 0 Å². The molecule has 1 fully saturated rings. The summed E-state index contributed by atoms with van der Waals surface area (Å²) in [5.74, 6) is -3.00. The third-order valence-corrected chi connectivity index (χ3v) is 4.18. The van der Waals surface area contributed by atoms with Gasteiger partial charge in [-0.25, -0.2) is 13.2 Å². The van der Waals surface area contributed by atoms with Crippen LogP contribution in [0.15, 0.2) is 12.1 Å². The number of hydrogen-bond donors (Lipinski definition) is 1. The maximum absolute atomic E-state index is 13.9. The summed E-state index contributed by atoms with van der Waals surface area (Å²) in [6, 6.07) is 2.14. The maximum atomic E-state index is 13.9. The summed E-state index contributed by atoms with van der Waals surface area (Å²) in [4.78, 5) is 0. The Bertz CT molecular complexity index is 442. The predicted octanol–water partition coefficient (Wildman–Crippen LogP) is 4.72. The summed E-state index contributed by atoms with van der Waals surface area (Å²) in [5.41, 5.74) is 0.247. The molecular formula is C16H22F3N. The standard InChI is InChI=1S/C16H22F3N/c1-2-20-14(10-11-6-4-3-5-7-11)12-8-9-13(17)16(19)15(12)18/h8-9,11,14,20H,2-7,10H2,1H3. The monoisotopic (exact) mass is 285 g/mol. The normalized spacial score (nSPS) is 18.2. The van der Waals surface area contributed by atoms with Gasteiger partial charge in [-0.15, -0.1) is 0 Å². The average Bonchev–Trinajstić information content (AvgIpc) is 2.46. The Morgan fingerprint density at radius 2 is 1.80 bits per heavy atom. The molecule has 1 unspecified atom stereocenters. The van der Waals surface area contributed by atoms with Gasteiger partial charge in [-0.3, -0.25) is 0 Å². The van der Waals surface area contributed by atoms with E-state index in [0.29, 0.717) is 12.5 Å². The molecule has 4 heteroatoms. The molecule has 1 saturated carbocycles. The van der Waals surface area contributed by atoms with Crippen LogP contribution in [0.3, 0.4) is 0 Å². The van der Waals surface area contributed by atoms with E-state index in [0.717, 1.165) is 25.3 Å². The Hall–Kier alpha value is -1.03. The van der Waals surface area contributed by atoms with Gasteiger partial charge in [-0.1, -0.05) is 45.1 Å². The van der Waals surface area contributed by atoms with E-state index < -0.39 is 17.5 Å². The third-order valence-electron chi connectivity index (χ3n) is 4.18. The van der Waals surface area contributed by atoms with Gasteiger partial charge in [-0.05, 0) is 24.9 Å². The minimum absolute atomic E-state index is 0.238. The minimum Gasteiger partial charge on any atom is -0.310 e. The van der Waals surface area contributed by atoms with Crippen LogP contribution in [0.1, 0.15) is 57.1 Å². The van der Waals surface area contributed by atoms with Crippen LogP contribution in [-0.2, 0) is 0 Å². The van der Waals surface area contributed by atoms with E-state index in [9.17, 15) is 13.2 Å². The van der Waals surface area contributed by atoms with Crippen LogP contribution in [-0.4, -0.2) is 6.54 Å².